The van der Waals surface area contributed by atoms with Gasteiger partial charge in [-0.1, -0.05) is 24.4 Å². The summed E-state index contributed by atoms with van der Waals surface area (Å²) in [5.74, 6) is -0.691. The van der Waals surface area contributed by atoms with E-state index in [0.29, 0.717) is 31.0 Å². The van der Waals surface area contributed by atoms with Crippen LogP contribution in [0.4, 0.5) is 0 Å². The summed E-state index contributed by atoms with van der Waals surface area (Å²) in [6.45, 7) is 4.70. The zero-order valence-corrected chi connectivity index (χ0v) is 17.6. The van der Waals surface area contributed by atoms with Crippen molar-refractivity contribution in [2.75, 3.05) is 26.7 Å². The smallest absolute Gasteiger partial charge is 0.244 e. The van der Waals surface area contributed by atoms with E-state index in [9.17, 15) is 18.0 Å². The van der Waals surface area contributed by atoms with Gasteiger partial charge in [-0.25, -0.2) is 8.42 Å². The molecule has 1 saturated carbocycles. The number of amides is 2. The van der Waals surface area contributed by atoms with Crippen LogP contribution in [0.3, 0.4) is 0 Å². The van der Waals surface area contributed by atoms with Crippen LogP contribution in [0.2, 0.25) is 5.02 Å². The summed E-state index contributed by atoms with van der Waals surface area (Å²) in [7, 11) is -2.40. The predicted molar refractivity (Wildman–Crippen MR) is 105 cm³/mol. The van der Waals surface area contributed by atoms with Gasteiger partial charge in [0.2, 0.25) is 11.8 Å². The van der Waals surface area contributed by atoms with Gasteiger partial charge in [0.25, 0.3) is 0 Å². The number of carbonyl (C=O) groups is 2. The first-order chi connectivity index (χ1) is 12.7. The number of carbonyl (C=O) groups excluding carboxylic acids is 2. The van der Waals surface area contributed by atoms with Gasteiger partial charge in [0, 0.05) is 25.2 Å². The number of benzene rings is 1. The molecule has 0 heterocycles. The van der Waals surface area contributed by atoms with Crippen LogP contribution in [0, 0.1) is 0 Å². The van der Waals surface area contributed by atoms with E-state index in [1.807, 2.05) is 13.8 Å². The minimum atomic E-state index is -3.90. The van der Waals surface area contributed by atoms with Gasteiger partial charge in [-0.2, -0.15) is 0 Å². The van der Waals surface area contributed by atoms with E-state index in [4.69, 9.17) is 11.6 Å². The van der Waals surface area contributed by atoms with Gasteiger partial charge in [0.1, 0.15) is 0 Å². The van der Waals surface area contributed by atoms with Gasteiger partial charge < -0.3 is 9.80 Å². The summed E-state index contributed by atoms with van der Waals surface area (Å²) in [6, 6.07) is 5.89. The number of hydrogen-bond donors (Lipinski definition) is 0. The fraction of sp³-hybridized carbons (Fsp3) is 0.579. The molecule has 0 aliphatic heterocycles. The molecule has 1 fully saturated rings. The number of hydrogen-bond acceptors (Lipinski definition) is 4. The van der Waals surface area contributed by atoms with Crippen molar-refractivity contribution in [2.45, 2.75) is 49.2 Å². The Bertz CT molecular complexity index is 782. The second-order valence-corrected chi connectivity index (χ2v) is 9.58. The minimum absolute atomic E-state index is 0.0885. The van der Waals surface area contributed by atoms with Crippen LogP contribution in [-0.2, 0) is 19.4 Å². The van der Waals surface area contributed by atoms with Crippen molar-refractivity contribution in [3.05, 3.63) is 29.3 Å². The monoisotopic (exact) mass is 414 g/mol. The molecule has 0 unspecified atom stereocenters. The molecule has 27 heavy (non-hydrogen) atoms. The molecular formula is C19H27ClN2O4S. The summed E-state index contributed by atoms with van der Waals surface area (Å²) < 4.78 is 25.2. The third-order valence-corrected chi connectivity index (χ3v) is 8.03. The Hall–Kier alpha value is -1.60. The zero-order chi connectivity index (χ0) is 20.2. The first-order valence-electron chi connectivity index (χ1n) is 9.23. The molecule has 0 saturated heterocycles. The maximum atomic E-state index is 13.4. The second kappa shape index (κ2) is 8.61. The molecule has 1 aliphatic rings. The molecule has 0 atom stereocenters. The van der Waals surface area contributed by atoms with Crippen molar-refractivity contribution in [3.8, 4) is 0 Å². The van der Waals surface area contributed by atoms with Gasteiger partial charge in [-0.15, -0.1) is 0 Å². The molecule has 0 bridgehead atoms. The predicted octanol–water partition coefficient (Wildman–Crippen LogP) is 2.75. The Balaban J connectivity index is 2.33. The second-order valence-electron chi connectivity index (χ2n) is 6.89. The van der Waals surface area contributed by atoms with E-state index in [1.165, 1.54) is 36.2 Å². The van der Waals surface area contributed by atoms with Crippen molar-refractivity contribution >= 4 is 33.3 Å². The lowest BCUT2D eigenvalue weighted by Gasteiger charge is -2.32. The molecule has 1 aromatic carbocycles. The van der Waals surface area contributed by atoms with E-state index in [2.05, 4.69) is 0 Å². The van der Waals surface area contributed by atoms with Crippen LogP contribution in [0.5, 0.6) is 0 Å². The molecular weight excluding hydrogens is 388 g/mol. The van der Waals surface area contributed by atoms with E-state index < -0.39 is 20.5 Å². The summed E-state index contributed by atoms with van der Waals surface area (Å²) in [6.07, 6.45) is 1.86. The molecule has 1 aromatic rings. The highest BCUT2D eigenvalue weighted by atomic mass is 35.5. The van der Waals surface area contributed by atoms with Gasteiger partial charge in [-0.3, -0.25) is 9.59 Å². The summed E-state index contributed by atoms with van der Waals surface area (Å²) in [5.41, 5.74) is 0. The summed E-state index contributed by atoms with van der Waals surface area (Å²) in [4.78, 5) is 28.6. The SMILES string of the molecule is CCN(CC)C(=O)CN(C)C(=O)C1(S(=O)(=O)c2ccc(Cl)cc2)CCCC1. The average molecular weight is 415 g/mol. The highest BCUT2D eigenvalue weighted by Gasteiger charge is 2.54. The van der Waals surface area contributed by atoms with Gasteiger partial charge >= 0.3 is 0 Å². The van der Waals surface area contributed by atoms with Crippen molar-refractivity contribution in [2.24, 2.45) is 0 Å². The van der Waals surface area contributed by atoms with E-state index in [0.717, 1.165) is 0 Å². The van der Waals surface area contributed by atoms with Gasteiger partial charge in [0.05, 0.1) is 11.4 Å². The van der Waals surface area contributed by atoms with Gasteiger partial charge in [-0.05, 0) is 51.0 Å². The zero-order valence-electron chi connectivity index (χ0n) is 16.1. The lowest BCUT2D eigenvalue weighted by molar-refractivity contribution is -0.140. The lowest BCUT2D eigenvalue weighted by atomic mass is 10.1. The first kappa shape index (κ1) is 21.7. The summed E-state index contributed by atoms with van der Waals surface area (Å²) >= 11 is 5.87. The topological polar surface area (TPSA) is 74.8 Å². The third-order valence-electron chi connectivity index (χ3n) is 5.27. The van der Waals surface area contributed by atoms with Gasteiger partial charge in [0.15, 0.2) is 14.6 Å². The maximum absolute atomic E-state index is 13.4. The molecule has 0 aromatic heterocycles. The van der Waals surface area contributed by atoms with E-state index >= 15 is 0 Å². The first-order valence-corrected chi connectivity index (χ1v) is 11.1. The molecule has 6 nitrogen and oxygen atoms in total. The van der Waals surface area contributed by atoms with Crippen LogP contribution in [-0.4, -0.2) is 61.5 Å². The molecule has 1 aliphatic carbocycles. The van der Waals surface area contributed by atoms with E-state index in [1.54, 1.807) is 4.90 Å². The number of rotatable bonds is 7. The standard InChI is InChI=1S/C19H27ClN2O4S/c1-4-22(5-2)17(23)14-21(3)18(24)19(12-6-7-13-19)27(25,26)16-10-8-15(20)9-11-16/h8-11H,4-7,12-14H2,1-3H3. The fourth-order valence-electron chi connectivity index (χ4n) is 3.68. The fourth-order valence-corrected chi connectivity index (χ4v) is 5.97. The minimum Gasteiger partial charge on any atom is -0.342 e. The van der Waals surface area contributed by atoms with Crippen molar-refractivity contribution in [1.29, 1.82) is 0 Å². The number of halogens is 1. The van der Waals surface area contributed by atoms with Crippen molar-refractivity contribution in [3.63, 3.8) is 0 Å². The normalized spacial score (nSPS) is 16.1. The molecule has 0 radical (unpaired) electrons. The Kier molecular flexibility index (Phi) is 6.92. The average Bonchev–Trinajstić information content (AvgIpc) is 3.14. The van der Waals surface area contributed by atoms with Crippen LogP contribution in [0.15, 0.2) is 29.2 Å². The molecule has 0 spiro atoms. The largest absolute Gasteiger partial charge is 0.342 e. The third kappa shape index (κ3) is 4.14. The quantitative estimate of drug-likeness (QED) is 0.687. The van der Waals surface area contributed by atoms with Crippen LogP contribution in [0.25, 0.3) is 0 Å². The Morgan fingerprint density at radius 3 is 2.07 bits per heavy atom. The summed E-state index contributed by atoms with van der Waals surface area (Å²) in [5, 5.41) is 0.433. The number of nitrogens with zero attached hydrogens (tertiary/aromatic N) is 2. The Morgan fingerprint density at radius 2 is 1.59 bits per heavy atom. The van der Waals surface area contributed by atoms with E-state index in [-0.39, 0.29) is 30.2 Å². The lowest BCUT2D eigenvalue weighted by Crippen LogP contribution is -2.53. The Morgan fingerprint density at radius 1 is 1.07 bits per heavy atom. The number of likely N-dealkylation sites (N-methyl/N-ethyl adjacent to an activating group) is 2. The molecule has 8 heteroatoms. The van der Waals surface area contributed by atoms with Crippen LogP contribution in [0.1, 0.15) is 39.5 Å². The number of sulfone groups is 1. The van der Waals surface area contributed by atoms with Crippen LogP contribution < -0.4 is 0 Å². The highest BCUT2D eigenvalue weighted by Crippen LogP contribution is 2.42. The molecule has 150 valence electrons. The molecule has 2 amide bonds. The molecule has 2 rings (SSSR count). The van der Waals surface area contributed by atoms with Crippen LogP contribution >= 0.6 is 11.6 Å². The van der Waals surface area contributed by atoms with Crippen molar-refractivity contribution in [1.82, 2.24) is 9.80 Å². The molecule has 0 N–H and O–H groups in total. The maximum Gasteiger partial charge on any atom is 0.244 e. The van der Waals surface area contributed by atoms with Crippen molar-refractivity contribution < 1.29 is 18.0 Å². The highest BCUT2D eigenvalue weighted by molar-refractivity contribution is 7.93. The Labute approximate surface area is 166 Å².